The molecule has 1 unspecified atom stereocenters. The van der Waals surface area contributed by atoms with Gasteiger partial charge in [-0.1, -0.05) is 35.0 Å². The van der Waals surface area contributed by atoms with Crippen molar-refractivity contribution in [3.05, 3.63) is 40.6 Å². The number of rotatable bonds is 6. The van der Waals surface area contributed by atoms with E-state index < -0.39 is 11.5 Å². The normalized spacial score (nSPS) is 13.6. The Labute approximate surface area is 139 Å². The second kappa shape index (κ2) is 7.12. The number of aliphatic hydroxyl groups is 1. The highest BCUT2D eigenvalue weighted by Crippen LogP contribution is 2.30. The number of hydrogen-bond acceptors (Lipinski definition) is 5. The number of nitrogens with one attached hydrogen (secondary N) is 1. The van der Waals surface area contributed by atoms with Gasteiger partial charge in [-0.15, -0.1) is 0 Å². The molecule has 124 valence electrons. The minimum Gasteiger partial charge on any atom is -0.386 e. The number of aryl methyl sites for hydroxylation is 1. The Balaban J connectivity index is 2.25. The van der Waals surface area contributed by atoms with Gasteiger partial charge in [0.2, 0.25) is 0 Å². The first kappa shape index (κ1) is 17.5. The largest absolute Gasteiger partial charge is 0.386 e. The van der Waals surface area contributed by atoms with Gasteiger partial charge in [-0.05, 0) is 19.9 Å². The minimum atomic E-state index is -1.17. The monoisotopic (exact) mass is 338 g/mol. The van der Waals surface area contributed by atoms with Crippen molar-refractivity contribution in [1.29, 1.82) is 0 Å². The lowest BCUT2D eigenvalue weighted by Gasteiger charge is -2.22. The molecule has 1 atom stereocenters. The average molecular weight is 339 g/mol. The molecular weight excluding hydrogens is 320 g/mol. The molecule has 0 radical (unpaired) electrons. The second-order valence-corrected chi connectivity index (χ2v) is 5.96. The Bertz CT molecular complexity index is 697. The molecule has 1 aromatic carbocycles. The van der Waals surface area contributed by atoms with Crippen LogP contribution in [0.4, 0.5) is 0 Å². The van der Waals surface area contributed by atoms with Crippen LogP contribution in [0.3, 0.4) is 0 Å². The molecule has 1 heterocycles. The van der Waals surface area contributed by atoms with Crippen molar-refractivity contribution in [2.45, 2.75) is 19.4 Å². The third kappa shape index (κ3) is 4.10. The van der Waals surface area contributed by atoms with E-state index in [0.29, 0.717) is 27.6 Å². The SMILES string of the molecule is COCC(C)(O)CNC(=O)c1c(-c2ccccc2Cl)noc1C. The Morgan fingerprint density at radius 1 is 1.48 bits per heavy atom. The average Bonchev–Trinajstić information content (AvgIpc) is 2.87. The molecule has 2 N–H and O–H groups in total. The molecule has 2 aromatic rings. The van der Waals surface area contributed by atoms with E-state index in [-0.39, 0.29) is 13.2 Å². The van der Waals surface area contributed by atoms with Crippen molar-refractivity contribution in [3.8, 4) is 11.3 Å². The number of amides is 1. The van der Waals surface area contributed by atoms with E-state index in [4.69, 9.17) is 20.9 Å². The summed E-state index contributed by atoms with van der Waals surface area (Å²) in [5.74, 6) is -0.0150. The molecule has 0 aliphatic rings. The number of halogens is 1. The number of carbonyl (C=O) groups excluding carboxylic acids is 1. The first-order chi connectivity index (χ1) is 10.9. The lowest BCUT2D eigenvalue weighted by Crippen LogP contribution is -2.43. The molecule has 0 saturated carbocycles. The molecule has 0 aliphatic heterocycles. The number of carbonyl (C=O) groups is 1. The maximum absolute atomic E-state index is 12.5. The predicted octanol–water partition coefficient (Wildman–Crippen LogP) is 2.43. The highest BCUT2D eigenvalue weighted by atomic mass is 35.5. The first-order valence-electron chi connectivity index (χ1n) is 7.06. The van der Waals surface area contributed by atoms with Crippen LogP contribution >= 0.6 is 11.6 Å². The lowest BCUT2D eigenvalue weighted by atomic mass is 10.0. The quantitative estimate of drug-likeness (QED) is 0.845. The zero-order valence-electron chi connectivity index (χ0n) is 13.2. The summed E-state index contributed by atoms with van der Waals surface area (Å²) in [4.78, 5) is 12.5. The summed E-state index contributed by atoms with van der Waals surface area (Å²) in [5.41, 5.74) is 0.114. The van der Waals surface area contributed by atoms with E-state index in [1.807, 2.05) is 0 Å². The van der Waals surface area contributed by atoms with E-state index in [1.165, 1.54) is 7.11 Å². The standard InChI is InChI=1S/C16H19ClN2O4/c1-10-13(15(20)18-8-16(2,21)9-22-3)14(19-23-10)11-6-4-5-7-12(11)17/h4-7,21H,8-9H2,1-3H3,(H,18,20). The molecule has 23 heavy (non-hydrogen) atoms. The van der Waals surface area contributed by atoms with E-state index in [0.717, 1.165) is 0 Å². The molecule has 7 heteroatoms. The van der Waals surface area contributed by atoms with Crippen LogP contribution in [-0.4, -0.2) is 42.0 Å². The van der Waals surface area contributed by atoms with E-state index in [2.05, 4.69) is 10.5 Å². The van der Waals surface area contributed by atoms with Crippen molar-refractivity contribution in [2.75, 3.05) is 20.3 Å². The van der Waals surface area contributed by atoms with Crippen LogP contribution in [0.1, 0.15) is 23.0 Å². The van der Waals surface area contributed by atoms with Crippen LogP contribution < -0.4 is 5.32 Å². The van der Waals surface area contributed by atoms with Crippen molar-refractivity contribution < 1.29 is 19.2 Å². The van der Waals surface area contributed by atoms with Gasteiger partial charge >= 0.3 is 0 Å². The van der Waals surface area contributed by atoms with E-state index in [9.17, 15) is 9.90 Å². The van der Waals surface area contributed by atoms with Crippen LogP contribution in [0.15, 0.2) is 28.8 Å². The van der Waals surface area contributed by atoms with Gasteiger partial charge in [-0.25, -0.2) is 0 Å². The Hall–Kier alpha value is -1.89. The molecule has 0 aliphatic carbocycles. The zero-order valence-corrected chi connectivity index (χ0v) is 14.0. The summed E-state index contributed by atoms with van der Waals surface area (Å²) in [5, 5.41) is 17.1. The number of hydrogen-bond donors (Lipinski definition) is 2. The first-order valence-corrected chi connectivity index (χ1v) is 7.44. The van der Waals surface area contributed by atoms with E-state index >= 15 is 0 Å². The molecule has 0 bridgehead atoms. The summed E-state index contributed by atoms with van der Waals surface area (Å²) in [6, 6.07) is 7.07. The molecule has 1 amide bonds. The summed E-state index contributed by atoms with van der Waals surface area (Å²) in [6.07, 6.45) is 0. The van der Waals surface area contributed by atoms with Crippen molar-refractivity contribution in [3.63, 3.8) is 0 Å². The van der Waals surface area contributed by atoms with Crippen LogP contribution in [0.25, 0.3) is 11.3 Å². The molecular formula is C16H19ClN2O4. The predicted molar refractivity (Wildman–Crippen MR) is 86.5 cm³/mol. The summed E-state index contributed by atoms with van der Waals surface area (Å²) in [7, 11) is 1.48. The van der Waals surface area contributed by atoms with Gasteiger partial charge < -0.3 is 19.7 Å². The molecule has 6 nitrogen and oxygen atoms in total. The fourth-order valence-corrected chi connectivity index (χ4v) is 2.42. The molecule has 2 rings (SSSR count). The van der Waals surface area contributed by atoms with Crippen LogP contribution in [0.2, 0.25) is 5.02 Å². The number of nitrogens with zero attached hydrogens (tertiary/aromatic N) is 1. The van der Waals surface area contributed by atoms with Crippen molar-refractivity contribution in [2.24, 2.45) is 0 Å². The lowest BCUT2D eigenvalue weighted by molar-refractivity contribution is -0.0147. The maximum atomic E-state index is 12.5. The number of methoxy groups -OCH3 is 1. The zero-order chi connectivity index (χ0) is 17.0. The molecule has 0 saturated heterocycles. The third-order valence-corrected chi connectivity index (χ3v) is 3.63. The van der Waals surface area contributed by atoms with Gasteiger partial charge in [0.25, 0.3) is 5.91 Å². The maximum Gasteiger partial charge on any atom is 0.257 e. The summed E-state index contributed by atoms with van der Waals surface area (Å²) in [6.45, 7) is 3.36. The fraction of sp³-hybridized carbons (Fsp3) is 0.375. The van der Waals surface area contributed by atoms with E-state index in [1.54, 1.807) is 38.1 Å². The van der Waals surface area contributed by atoms with Crippen molar-refractivity contribution >= 4 is 17.5 Å². The van der Waals surface area contributed by atoms with Gasteiger partial charge in [-0.2, -0.15) is 0 Å². The Morgan fingerprint density at radius 2 is 2.17 bits per heavy atom. The smallest absolute Gasteiger partial charge is 0.257 e. The molecule has 1 aromatic heterocycles. The molecule has 0 fully saturated rings. The van der Waals surface area contributed by atoms with Gasteiger partial charge in [0.05, 0.1) is 11.6 Å². The Kier molecular flexibility index (Phi) is 5.41. The highest BCUT2D eigenvalue weighted by molar-refractivity contribution is 6.33. The fourth-order valence-electron chi connectivity index (χ4n) is 2.20. The second-order valence-electron chi connectivity index (χ2n) is 5.55. The van der Waals surface area contributed by atoms with Crippen molar-refractivity contribution in [1.82, 2.24) is 10.5 Å². The van der Waals surface area contributed by atoms with Gasteiger partial charge in [0, 0.05) is 19.2 Å². The Morgan fingerprint density at radius 3 is 2.83 bits per heavy atom. The van der Waals surface area contributed by atoms with Gasteiger partial charge in [0.1, 0.15) is 22.6 Å². The topological polar surface area (TPSA) is 84.6 Å². The number of aromatic nitrogens is 1. The van der Waals surface area contributed by atoms with Gasteiger partial charge in [-0.3, -0.25) is 4.79 Å². The number of benzene rings is 1. The summed E-state index contributed by atoms with van der Waals surface area (Å²) >= 11 is 6.17. The van der Waals surface area contributed by atoms with Crippen LogP contribution in [-0.2, 0) is 4.74 Å². The minimum absolute atomic E-state index is 0.0340. The summed E-state index contributed by atoms with van der Waals surface area (Å²) < 4.78 is 10.1. The number of ether oxygens (including phenoxy) is 1. The highest BCUT2D eigenvalue weighted by Gasteiger charge is 2.26. The third-order valence-electron chi connectivity index (χ3n) is 3.30. The molecule has 0 spiro atoms. The van der Waals surface area contributed by atoms with Gasteiger partial charge in [0.15, 0.2) is 0 Å². The van der Waals surface area contributed by atoms with Crippen LogP contribution in [0.5, 0.6) is 0 Å². The van der Waals surface area contributed by atoms with Crippen LogP contribution in [0, 0.1) is 6.92 Å².